The molecule has 7 nitrogen and oxygen atoms in total. The summed E-state index contributed by atoms with van der Waals surface area (Å²) in [6.45, 7) is 1.86. The van der Waals surface area contributed by atoms with Crippen LogP contribution in [0.4, 0.5) is 5.69 Å². The molecule has 130 valence electrons. The molecule has 0 aliphatic heterocycles. The SMILES string of the molecule is COc1ccc(C)cc1C(=O)/C=C/c1cc(OC)c(O)c([N+](=O)[O-])c1. The second-order valence-corrected chi connectivity index (χ2v) is 5.25. The predicted octanol–water partition coefficient (Wildman–Crippen LogP) is 3.52. The monoisotopic (exact) mass is 343 g/mol. The van der Waals surface area contributed by atoms with Crippen molar-refractivity contribution in [3.63, 3.8) is 0 Å². The molecule has 0 aliphatic carbocycles. The number of allylic oxidation sites excluding steroid dienone is 1. The Hall–Kier alpha value is -3.35. The van der Waals surface area contributed by atoms with E-state index in [4.69, 9.17) is 9.47 Å². The summed E-state index contributed by atoms with van der Waals surface area (Å²) in [4.78, 5) is 22.7. The van der Waals surface area contributed by atoms with Crippen LogP contribution in [0.3, 0.4) is 0 Å². The number of ether oxygens (including phenoxy) is 2. The zero-order valence-electron chi connectivity index (χ0n) is 14.0. The number of aryl methyl sites for hydroxylation is 1. The van der Waals surface area contributed by atoms with Crippen molar-refractivity contribution < 1.29 is 24.3 Å². The third-order valence-electron chi connectivity index (χ3n) is 3.54. The lowest BCUT2D eigenvalue weighted by Crippen LogP contribution is -1.99. The number of phenols is 1. The lowest BCUT2D eigenvalue weighted by atomic mass is 10.0. The molecule has 2 aromatic rings. The van der Waals surface area contributed by atoms with Crippen LogP contribution in [-0.2, 0) is 0 Å². The molecule has 1 N–H and O–H groups in total. The van der Waals surface area contributed by atoms with Gasteiger partial charge in [0.15, 0.2) is 11.5 Å². The van der Waals surface area contributed by atoms with Gasteiger partial charge in [-0.1, -0.05) is 17.7 Å². The molecule has 0 unspecified atom stereocenters. The molecular weight excluding hydrogens is 326 g/mol. The lowest BCUT2D eigenvalue weighted by molar-refractivity contribution is -0.386. The van der Waals surface area contributed by atoms with E-state index in [9.17, 15) is 20.0 Å². The second kappa shape index (κ2) is 7.48. The molecule has 0 atom stereocenters. The first-order chi connectivity index (χ1) is 11.9. The Morgan fingerprint density at radius 3 is 2.44 bits per heavy atom. The molecule has 0 amide bonds. The van der Waals surface area contributed by atoms with E-state index in [0.29, 0.717) is 16.9 Å². The van der Waals surface area contributed by atoms with Gasteiger partial charge in [0.25, 0.3) is 0 Å². The Morgan fingerprint density at radius 2 is 1.84 bits per heavy atom. The summed E-state index contributed by atoms with van der Waals surface area (Å²) >= 11 is 0. The zero-order valence-corrected chi connectivity index (χ0v) is 14.0. The first kappa shape index (κ1) is 18.0. The van der Waals surface area contributed by atoms with E-state index in [1.165, 1.54) is 32.4 Å². The maximum Gasteiger partial charge on any atom is 0.315 e. The van der Waals surface area contributed by atoms with Crippen LogP contribution in [0.15, 0.2) is 36.4 Å². The maximum absolute atomic E-state index is 12.4. The molecule has 0 aliphatic rings. The average molecular weight is 343 g/mol. The third-order valence-corrected chi connectivity index (χ3v) is 3.54. The maximum atomic E-state index is 12.4. The second-order valence-electron chi connectivity index (χ2n) is 5.25. The molecule has 0 saturated carbocycles. The summed E-state index contributed by atoms with van der Waals surface area (Å²) in [5, 5.41) is 20.8. The smallest absolute Gasteiger partial charge is 0.315 e. The van der Waals surface area contributed by atoms with Crippen molar-refractivity contribution in [3.8, 4) is 17.2 Å². The van der Waals surface area contributed by atoms with Crippen molar-refractivity contribution in [2.75, 3.05) is 14.2 Å². The minimum Gasteiger partial charge on any atom is -0.500 e. The number of rotatable bonds is 6. The van der Waals surface area contributed by atoms with Crippen LogP contribution in [0.1, 0.15) is 21.5 Å². The molecule has 0 bridgehead atoms. The molecule has 2 aromatic carbocycles. The first-order valence-electron chi connectivity index (χ1n) is 7.29. The van der Waals surface area contributed by atoms with Gasteiger partial charge in [-0.3, -0.25) is 14.9 Å². The lowest BCUT2D eigenvalue weighted by Gasteiger charge is -2.07. The van der Waals surface area contributed by atoms with Crippen molar-refractivity contribution in [3.05, 3.63) is 63.2 Å². The number of nitro benzene ring substituents is 1. The minimum absolute atomic E-state index is 0.0468. The van der Waals surface area contributed by atoms with Crippen molar-refractivity contribution >= 4 is 17.5 Å². The number of aromatic hydroxyl groups is 1. The van der Waals surface area contributed by atoms with Crippen molar-refractivity contribution in [2.45, 2.75) is 6.92 Å². The number of methoxy groups -OCH3 is 2. The molecular formula is C18H17NO6. The van der Waals surface area contributed by atoms with Gasteiger partial charge in [-0.05, 0) is 36.8 Å². The Morgan fingerprint density at radius 1 is 1.16 bits per heavy atom. The summed E-state index contributed by atoms with van der Waals surface area (Å²) in [5.74, 6) is -0.476. The van der Waals surface area contributed by atoms with E-state index in [0.717, 1.165) is 11.6 Å². The number of hydrogen-bond donors (Lipinski definition) is 1. The molecule has 2 rings (SSSR count). The normalized spacial score (nSPS) is 10.7. The van der Waals surface area contributed by atoms with Gasteiger partial charge < -0.3 is 14.6 Å². The molecule has 0 aromatic heterocycles. The van der Waals surface area contributed by atoms with E-state index in [-0.39, 0.29) is 11.5 Å². The van der Waals surface area contributed by atoms with Crippen molar-refractivity contribution in [2.24, 2.45) is 0 Å². The molecule has 0 spiro atoms. The van der Waals surface area contributed by atoms with Crippen molar-refractivity contribution in [1.29, 1.82) is 0 Å². The fourth-order valence-electron chi connectivity index (χ4n) is 2.28. The van der Waals surface area contributed by atoms with Crippen LogP contribution < -0.4 is 9.47 Å². The molecule has 0 saturated heterocycles. The molecule has 0 radical (unpaired) electrons. The number of ketones is 1. The Balaban J connectivity index is 2.39. The molecule has 0 fully saturated rings. The standard InChI is InChI=1S/C18H17NO6/c1-11-4-7-16(24-2)13(8-11)15(20)6-5-12-9-14(19(22)23)18(21)17(10-12)25-3/h4-10,21H,1-3H3/b6-5+. The number of nitro groups is 1. The highest BCUT2D eigenvalue weighted by Gasteiger charge is 2.19. The fraction of sp³-hybridized carbons (Fsp3) is 0.167. The van der Waals surface area contributed by atoms with Gasteiger partial charge >= 0.3 is 5.69 Å². The topological polar surface area (TPSA) is 98.9 Å². The first-order valence-corrected chi connectivity index (χ1v) is 7.29. The number of benzene rings is 2. The van der Waals surface area contributed by atoms with E-state index in [2.05, 4.69) is 0 Å². The highest BCUT2D eigenvalue weighted by Crippen LogP contribution is 2.37. The largest absolute Gasteiger partial charge is 0.500 e. The van der Waals surface area contributed by atoms with Crippen LogP contribution >= 0.6 is 0 Å². The number of phenolic OH excluding ortho intramolecular Hbond substituents is 1. The Kier molecular flexibility index (Phi) is 5.38. The van der Waals surface area contributed by atoms with Crippen LogP contribution in [-0.4, -0.2) is 30.0 Å². The van der Waals surface area contributed by atoms with E-state index in [1.54, 1.807) is 12.1 Å². The number of carbonyl (C=O) groups is 1. The average Bonchev–Trinajstić information content (AvgIpc) is 2.60. The summed E-state index contributed by atoms with van der Waals surface area (Å²) in [7, 11) is 2.76. The van der Waals surface area contributed by atoms with Gasteiger partial charge in [0.1, 0.15) is 5.75 Å². The highest BCUT2D eigenvalue weighted by atomic mass is 16.6. The van der Waals surface area contributed by atoms with Gasteiger partial charge in [-0.15, -0.1) is 0 Å². The molecule has 0 heterocycles. The highest BCUT2D eigenvalue weighted by molar-refractivity contribution is 6.08. The van der Waals surface area contributed by atoms with Gasteiger partial charge in [0.05, 0.1) is 24.7 Å². The number of nitrogens with zero attached hydrogens (tertiary/aromatic N) is 1. The zero-order chi connectivity index (χ0) is 18.6. The van der Waals surface area contributed by atoms with Crippen molar-refractivity contribution in [1.82, 2.24) is 0 Å². The van der Waals surface area contributed by atoms with Gasteiger partial charge in [0.2, 0.25) is 5.75 Å². The quantitative estimate of drug-likeness (QED) is 0.373. The number of hydrogen-bond acceptors (Lipinski definition) is 6. The Labute approximate surface area is 144 Å². The molecule has 25 heavy (non-hydrogen) atoms. The van der Waals surface area contributed by atoms with Crippen LogP contribution in [0.25, 0.3) is 6.08 Å². The summed E-state index contributed by atoms with van der Waals surface area (Å²) in [5.41, 5.74) is 1.14. The van der Waals surface area contributed by atoms with Crippen LogP contribution in [0.5, 0.6) is 17.2 Å². The summed E-state index contributed by atoms with van der Waals surface area (Å²) in [6.07, 6.45) is 2.70. The van der Waals surface area contributed by atoms with E-state index in [1.807, 2.05) is 13.0 Å². The van der Waals surface area contributed by atoms with E-state index >= 15 is 0 Å². The summed E-state index contributed by atoms with van der Waals surface area (Å²) in [6, 6.07) is 7.79. The number of carbonyl (C=O) groups excluding carboxylic acids is 1. The third kappa shape index (κ3) is 3.95. The van der Waals surface area contributed by atoms with Crippen LogP contribution in [0.2, 0.25) is 0 Å². The Bertz CT molecular complexity index is 857. The van der Waals surface area contributed by atoms with Gasteiger partial charge in [0, 0.05) is 6.07 Å². The summed E-state index contributed by atoms with van der Waals surface area (Å²) < 4.78 is 10.1. The minimum atomic E-state index is -0.722. The van der Waals surface area contributed by atoms with Gasteiger partial charge in [-0.25, -0.2) is 0 Å². The van der Waals surface area contributed by atoms with Crippen LogP contribution in [0, 0.1) is 17.0 Å². The fourth-order valence-corrected chi connectivity index (χ4v) is 2.28. The predicted molar refractivity (Wildman–Crippen MR) is 92.4 cm³/mol. The van der Waals surface area contributed by atoms with E-state index < -0.39 is 16.4 Å². The van der Waals surface area contributed by atoms with Gasteiger partial charge in [-0.2, -0.15) is 0 Å². The molecule has 7 heteroatoms.